The first kappa shape index (κ1) is 14.5. The Kier molecular flexibility index (Phi) is 4.99. The van der Waals surface area contributed by atoms with Crippen LogP contribution in [0.15, 0.2) is 4.52 Å². The molecule has 1 aromatic rings. The Balaban J connectivity index is 1.77. The molecular formula is C15H26N2O2. The molecule has 0 radical (unpaired) electrons. The van der Waals surface area contributed by atoms with Gasteiger partial charge >= 0.3 is 0 Å². The Morgan fingerprint density at radius 2 is 2.00 bits per heavy atom. The molecule has 0 spiro atoms. The van der Waals surface area contributed by atoms with Gasteiger partial charge in [-0.15, -0.1) is 0 Å². The van der Waals surface area contributed by atoms with Crippen molar-refractivity contribution in [1.29, 1.82) is 0 Å². The molecule has 2 rings (SSSR count). The van der Waals surface area contributed by atoms with E-state index in [2.05, 4.69) is 23.9 Å². The van der Waals surface area contributed by atoms with E-state index in [0.717, 1.165) is 50.5 Å². The highest BCUT2D eigenvalue weighted by Gasteiger charge is 2.21. The number of piperidine rings is 1. The van der Waals surface area contributed by atoms with Crippen molar-refractivity contribution >= 4 is 0 Å². The highest BCUT2D eigenvalue weighted by Crippen LogP contribution is 2.20. The van der Waals surface area contributed by atoms with Crippen molar-refractivity contribution in [3.8, 4) is 0 Å². The molecule has 108 valence electrons. The van der Waals surface area contributed by atoms with E-state index >= 15 is 0 Å². The molecule has 2 heterocycles. The molecule has 0 amide bonds. The molecule has 0 saturated carbocycles. The third kappa shape index (κ3) is 4.05. The summed E-state index contributed by atoms with van der Waals surface area (Å²) >= 11 is 0. The Hall–Kier alpha value is -0.870. The van der Waals surface area contributed by atoms with Gasteiger partial charge in [0, 0.05) is 31.8 Å². The van der Waals surface area contributed by atoms with Gasteiger partial charge in [-0.1, -0.05) is 19.0 Å². The number of aromatic nitrogens is 1. The lowest BCUT2D eigenvalue weighted by atomic mass is 10.1. The van der Waals surface area contributed by atoms with E-state index in [0.29, 0.717) is 12.0 Å². The summed E-state index contributed by atoms with van der Waals surface area (Å²) in [5.41, 5.74) is 2.28. The number of nitrogens with zero attached hydrogens (tertiary/aromatic N) is 2. The smallest absolute Gasteiger partial charge is 0.138 e. The van der Waals surface area contributed by atoms with Crippen LogP contribution in [0.4, 0.5) is 0 Å². The van der Waals surface area contributed by atoms with Crippen molar-refractivity contribution in [3.05, 3.63) is 17.0 Å². The highest BCUT2D eigenvalue weighted by atomic mass is 16.5. The zero-order valence-corrected chi connectivity index (χ0v) is 12.6. The molecule has 4 nitrogen and oxygen atoms in total. The normalized spacial score (nSPS) is 18.4. The molecule has 1 aromatic heterocycles. The van der Waals surface area contributed by atoms with Crippen molar-refractivity contribution in [3.63, 3.8) is 0 Å². The summed E-state index contributed by atoms with van der Waals surface area (Å²) in [5.74, 6) is 1.58. The number of aryl methyl sites for hydroxylation is 2. The van der Waals surface area contributed by atoms with Crippen molar-refractivity contribution in [1.82, 2.24) is 10.1 Å². The van der Waals surface area contributed by atoms with Crippen LogP contribution in [0.5, 0.6) is 0 Å². The Morgan fingerprint density at radius 1 is 1.32 bits per heavy atom. The molecule has 19 heavy (non-hydrogen) atoms. The monoisotopic (exact) mass is 266 g/mol. The van der Waals surface area contributed by atoms with E-state index < -0.39 is 0 Å². The standard InChI is InChI=1S/C15H26N2O2/c1-11(2)10-18-14-5-7-17(8-6-14)9-15-12(3)16-19-13(15)4/h11,14H,5-10H2,1-4H3. The SMILES string of the molecule is Cc1noc(C)c1CN1CCC(OCC(C)C)CC1. The fraction of sp³-hybridized carbons (Fsp3) is 0.800. The van der Waals surface area contributed by atoms with Gasteiger partial charge in [-0.2, -0.15) is 0 Å². The van der Waals surface area contributed by atoms with E-state index in [1.54, 1.807) is 0 Å². The number of hydrogen-bond acceptors (Lipinski definition) is 4. The molecule has 1 aliphatic rings. The van der Waals surface area contributed by atoms with Gasteiger partial charge in [-0.25, -0.2) is 0 Å². The number of ether oxygens (including phenoxy) is 1. The predicted molar refractivity (Wildman–Crippen MR) is 75.1 cm³/mol. The summed E-state index contributed by atoms with van der Waals surface area (Å²) < 4.78 is 11.1. The second kappa shape index (κ2) is 6.53. The van der Waals surface area contributed by atoms with Crippen molar-refractivity contribution in [2.45, 2.75) is 53.2 Å². The topological polar surface area (TPSA) is 38.5 Å². The van der Waals surface area contributed by atoms with E-state index in [4.69, 9.17) is 9.26 Å². The largest absolute Gasteiger partial charge is 0.378 e. The minimum atomic E-state index is 0.448. The van der Waals surface area contributed by atoms with Gasteiger partial charge in [-0.05, 0) is 32.6 Å². The summed E-state index contributed by atoms with van der Waals surface area (Å²) in [4.78, 5) is 2.47. The Bertz CT molecular complexity index is 373. The molecule has 4 heteroatoms. The summed E-state index contributed by atoms with van der Waals surface area (Å²) in [6.45, 7) is 12.5. The first-order valence-electron chi connectivity index (χ1n) is 7.32. The molecule has 1 saturated heterocycles. The minimum Gasteiger partial charge on any atom is -0.378 e. The first-order valence-corrected chi connectivity index (χ1v) is 7.32. The van der Waals surface area contributed by atoms with Crippen LogP contribution < -0.4 is 0 Å². The zero-order valence-electron chi connectivity index (χ0n) is 12.6. The van der Waals surface area contributed by atoms with Gasteiger partial charge in [0.15, 0.2) is 0 Å². The molecule has 0 bridgehead atoms. The average molecular weight is 266 g/mol. The highest BCUT2D eigenvalue weighted by molar-refractivity contribution is 5.20. The molecule has 1 aliphatic heterocycles. The average Bonchev–Trinajstić information content (AvgIpc) is 2.70. The molecule has 0 N–H and O–H groups in total. The summed E-state index contributed by atoms with van der Waals surface area (Å²) in [6.07, 6.45) is 2.72. The van der Waals surface area contributed by atoms with Crippen LogP contribution in [0.3, 0.4) is 0 Å². The van der Waals surface area contributed by atoms with E-state index in [1.807, 2.05) is 13.8 Å². The van der Waals surface area contributed by atoms with Gasteiger partial charge in [0.1, 0.15) is 5.76 Å². The minimum absolute atomic E-state index is 0.448. The maximum atomic E-state index is 5.92. The van der Waals surface area contributed by atoms with Gasteiger partial charge in [0.05, 0.1) is 11.8 Å². The molecular weight excluding hydrogens is 240 g/mol. The van der Waals surface area contributed by atoms with E-state index in [9.17, 15) is 0 Å². The lowest BCUT2D eigenvalue weighted by Gasteiger charge is -2.32. The lowest BCUT2D eigenvalue weighted by molar-refractivity contribution is -0.00592. The maximum absolute atomic E-state index is 5.92. The molecule has 0 unspecified atom stereocenters. The second-order valence-electron chi connectivity index (χ2n) is 6.01. The van der Waals surface area contributed by atoms with Crippen LogP contribution in [-0.2, 0) is 11.3 Å². The fourth-order valence-corrected chi connectivity index (χ4v) is 2.51. The van der Waals surface area contributed by atoms with Crippen molar-refractivity contribution in [2.24, 2.45) is 5.92 Å². The lowest BCUT2D eigenvalue weighted by Crippen LogP contribution is -2.37. The van der Waals surface area contributed by atoms with Gasteiger partial charge in [0.25, 0.3) is 0 Å². The fourth-order valence-electron chi connectivity index (χ4n) is 2.51. The van der Waals surface area contributed by atoms with Gasteiger partial charge in [-0.3, -0.25) is 4.90 Å². The van der Waals surface area contributed by atoms with Crippen molar-refractivity contribution < 1.29 is 9.26 Å². The summed E-state index contributed by atoms with van der Waals surface area (Å²) in [6, 6.07) is 0. The summed E-state index contributed by atoms with van der Waals surface area (Å²) in [7, 11) is 0. The number of rotatable bonds is 5. The zero-order chi connectivity index (χ0) is 13.8. The quantitative estimate of drug-likeness (QED) is 0.821. The summed E-state index contributed by atoms with van der Waals surface area (Å²) in [5, 5.41) is 4.02. The van der Waals surface area contributed by atoms with Crippen LogP contribution in [0, 0.1) is 19.8 Å². The number of hydrogen-bond donors (Lipinski definition) is 0. The molecule has 0 atom stereocenters. The van der Waals surface area contributed by atoms with E-state index in [-0.39, 0.29) is 0 Å². The van der Waals surface area contributed by atoms with Crippen LogP contribution in [0.2, 0.25) is 0 Å². The first-order chi connectivity index (χ1) is 9.06. The third-order valence-corrected chi connectivity index (χ3v) is 3.76. The predicted octanol–water partition coefficient (Wildman–Crippen LogP) is 2.93. The number of likely N-dealkylation sites (tertiary alicyclic amines) is 1. The Labute approximate surface area is 116 Å². The van der Waals surface area contributed by atoms with Crippen LogP contribution in [0.1, 0.15) is 43.7 Å². The van der Waals surface area contributed by atoms with Crippen LogP contribution >= 0.6 is 0 Å². The van der Waals surface area contributed by atoms with Crippen molar-refractivity contribution in [2.75, 3.05) is 19.7 Å². The third-order valence-electron chi connectivity index (χ3n) is 3.76. The van der Waals surface area contributed by atoms with Crippen LogP contribution in [0.25, 0.3) is 0 Å². The molecule has 0 aliphatic carbocycles. The van der Waals surface area contributed by atoms with E-state index in [1.165, 1.54) is 5.56 Å². The van der Waals surface area contributed by atoms with Crippen LogP contribution in [-0.4, -0.2) is 35.9 Å². The Morgan fingerprint density at radius 3 is 2.53 bits per heavy atom. The maximum Gasteiger partial charge on any atom is 0.138 e. The van der Waals surface area contributed by atoms with Gasteiger partial charge < -0.3 is 9.26 Å². The molecule has 1 fully saturated rings. The van der Waals surface area contributed by atoms with Gasteiger partial charge in [0.2, 0.25) is 0 Å². The second-order valence-corrected chi connectivity index (χ2v) is 6.01. The molecule has 0 aromatic carbocycles.